The van der Waals surface area contributed by atoms with Crippen LogP contribution in [0.1, 0.15) is 20.8 Å². The molecule has 1 aliphatic heterocycles. The van der Waals surface area contributed by atoms with Crippen LogP contribution >= 0.6 is 11.3 Å². The van der Waals surface area contributed by atoms with Gasteiger partial charge in [-0.3, -0.25) is 9.78 Å². The van der Waals surface area contributed by atoms with Crippen molar-refractivity contribution in [3.8, 4) is 11.1 Å². The first-order valence-electron chi connectivity index (χ1n) is 8.70. The van der Waals surface area contributed by atoms with Gasteiger partial charge in [-0.2, -0.15) is 0 Å². The van der Waals surface area contributed by atoms with Crippen molar-refractivity contribution in [3.63, 3.8) is 0 Å². The molecule has 3 aromatic rings. The number of ether oxygens (including phenoxy) is 1. The number of anilines is 1. The zero-order valence-electron chi connectivity index (χ0n) is 14.6. The third-order valence-corrected chi connectivity index (χ3v) is 5.73. The lowest BCUT2D eigenvalue weighted by Crippen LogP contribution is -2.35. The number of benzene rings is 1. The topological polar surface area (TPSA) is 42.4 Å². The minimum Gasteiger partial charge on any atom is -0.378 e. The predicted molar refractivity (Wildman–Crippen MR) is 105 cm³/mol. The summed E-state index contributed by atoms with van der Waals surface area (Å²) in [5.74, 6) is 0.0739. The zero-order valence-corrected chi connectivity index (χ0v) is 15.5. The second kappa shape index (κ2) is 7.40. The molecule has 0 amide bonds. The average Bonchev–Trinajstić information content (AvgIpc) is 3.15. The smallest absolute Gasteiger partial charge is 0.203 e. The van der Waals surface area contributed by atoms with E-state index in [1.807, 2.05) is 49.4 Å². The van der Waals surface area contributed by atoms with E-state index in [4.69, 9.17) is 4.74 Å². The molecule has 26 heavy (non-hydrogen) atoms. The molecular weight excluding hydrogens is 344 g/mol. The Morgan fingerprint density at radius 3 is 2.46 bits per heavy atom. The summed E-state index contributed by atoms with van der Waals surface area (Å²) in [5.41, 5.74) is 4.06. The molecule has 5 heteroatoms. The Morgan fingerprint density at radius 1 is 1.08 bits per heavy atom. The van der Waals surface area contributed by atoms with Gasteiger partial charge >= 0.3 is 0 Å². The van der Waals surface area contributed by atoms with Crippen molar-refractivity contribution in [1.29, 1.82) is 0 Å². The largest absolute Gasteiger partial charge is 0.378 e. The van der Waals surface area contributed by atoms with Crippen molar-refractivity contribution in [2.75, 3.05) is 31.2 Å². The number of hydrogen-bond donors (Lipinski definition) is 0. The second-order valence-corrected chi connectivity index (χ2v) is 7.39. The van der Waals surface area contributed by atoms with E-state index in [0.717, 1.165) is 58.4 Å². The molecule has 0 N–H and O–H groups in total. The van der Waals surface area contributed by atoms with Gasteiger partial charge in [-0.05, 0) is 30.7 Å². The molecule has 1 aliphatic rings. The van der Waals surface area contributed by atoms with E-state index in [1.54, 1.807) is 23.7 Å². The van der Waals surface area contributed by atoms with Gasteiger partial charge < -0.3 is 9.64 Å². The number of morpholine rings is 1. The van der Waals surface area contributed by atoms with Crippen LogP contribution in [0.5, 0.6) is 0 Å². The number of nitrogens with zero attached hydrogens (tertiary/aromatic N) is 2. The van der Waals surface area contributed by atoms with Crippen molar-refractivity contribution >= 4 is 22.1 Å². The van der Waals surface area contributed by atoms with Crippen LogP contribution in [0.15, 0.2) is 54.9 Å². The molecule has 0 bridgehead atoms. The number of hydrogen-bond acceptors (Lipinski definition) is 5. The maximum atomic E-state index is 13.0. The first-order chi connectivity index (χ1) is 12.7. The second-order valence-electron chi connectivity index (χ2n) is 6.36. The Hall–Kier alpha value is -2.50. The number of aromatic nitrogens is 1. The lowest BCUT2D eigenvalue weighted by molar-refractivity contribution is 0.104. The van der Waals surface area contributed by atoms with Gasteiger partial charge in [-0.25, -0.2) is 0 Å². The van der Waals surface area contributed by atoms with E-state index in [2.05, 4.69) is 9.88 Å². The molecule has 0 spiro atoms. The molecule has 0 saturated carbocycles. The van der Waals surface area contributed by atoms with Crippen molar-refractivity contribution in [2.24, 2.45) is 0 Å². The fraction of sp³-hybridized carbons (Fsp3) is 0.238. The van der Waals surface area contributed by atoms with Crippen LogP contribution < -0.4 is 4.90 Å². The third kappa shape index (κ3) is 3.41. The molecule has 4 nitrogen and oxygen atoms in total. The van der Waals surface area contributed by atoms with Crippen LogP contribution in [-0.2, 0) is 4.74 Å². The van der Waals surface area contributed by atoms with Gasteiger partial charge in [0.25, 0.3) is 0 Å². The molecule has 2 aromatic heterocycles. The number of pyridine rings is 1. The standard InChI is InChI=1S/C21H20N2O2S/c1-15-2-4-17(5-3-15)20(24)19-14-18(16-6-8-22-9-7-16)21(26-19)23-10-12-25-13-11-23/h2-9,14H,10-13H2,1H3. The summed E-state index contributed by atoms with van der Waals surface area (Å²) >= 11 is 1.57. The Balaban J connectivity index is 1.75. The van der Waals surface area contributed by atoms with Gasteiger partial charge in [-0.1, -0.05) is 29.8 Å². The summed E-state index contributed by atoms with van der Waals surface area (Å²) in [5, 5.41) is 1.13. The van der Waals surface area contributed by atoms with Crippen LogP contribution in [0.25, 0.3) is 11.1 Å². The van der Waals surface area contributed by atoms with Gasteiger partial charge in [0.15, 0.2) is 0 Å². The first-order valence-corrected chi connectivity index (χ1v) is 9.52. The quantitative estimate of drug-likeness (QED) is 0.651. The molecule has 0 aliphatic carbocycles. The third-order valence-electron chi connectivity index (χ3n) is 4.54. The van der Waals surface area contributed by atoms with E-state index >= 15 is 0 Å². The highest BCUT2D eigenvalue weighted by molar-refractivity contribution is 7.18. The average molecular weight is 364 g/mol. The van der Waals surface area contributed by atoms with Crippen molar-refractivity contribution < 1.29 is 9.53 Å². The Bertz CT molecular complexity index is 898. The van der Waals surface area contributed by atoms with Gasteiger partial charge in [0.05, 0.1) is 23.1 Å². The van der Waals surface area contributed by atoms with E-state index in [0.29, 0.717) is 0 Å². The first kappa shape index (κ1) is 16.9. The van der Waals surface area contributed by atoms with Crippen molar-refractivity contribution in [3.05, 3.63) is 70.9 Å². The van der Waals surface area contributed by atoms with E-state index in [9.17, 15) is 4.79 Å². The van der Waals surface area contributed by atoms with Crippen LogP contribution in [0.4, 0.5) is 5.00 Å². The van der Waals surface area contributed by atoms with Crippen molar-refractivity contribution in [1.82, 2.24) is 4.98 Å². The highest BCUT2D eigenvalue weighted by Gasteiger charge is 2.22. The molecule has 0 radical (unpaired) electrons. The number of rotatable bonds is 4. The Labute approximate surface area is 157 Å². The Morgan fingerprint density at radius 2 is 1.77 bits per heavy atom. The minimum absolute atomic E-state index is 0.0739. The number of ketones is 1. The molecule has 3 heterocycles. The maximum Gasteiger partial charge on any atom is 0.203 e. The van der Waals surface area contributed by atoms with Crippen LogP contribution in [0, 0.1) is 6.92 Å². The molecule has 1 fully saturated rings. The van der Waals surface area contributed by atoms with Crippen LogP contribution in [-0.4, -0.2) is 37.1 Å². The van der Waals surface area contributed by atoms with Gasteiger partial charge in [0.2, 0.25) is 5.78 Å². The summed E-state index contributed by atoms with van der Waals surface area (Å²) in [7, 11) is 0. The highest BCUT2D eigenvalue weighted by atomic mass is 32.1. The number of thiophene rings is 1. The summed E-state index contributed by atoms with van der Waals surface area (Å²) in [6, 6.07) is 13.8. The zero-order chi connectivity index (χ0) is 17.9. The van der Waals surface area contributed by atoms with Gasteiger partial charge in [0.1, 0.15) is 0 Å². The normalized spacial score (nSPS) is 14.4. The summed E-state index contributed by atoms with van der Waals surface area (Å²) in [4.78, 5) is 20.2. The van der Waals surface area contributed by atoms with Crippen LogP contribution in [0.2, 0.25) is 0 Å². The summed E-state index contributed by atoms with van der Waals surface area (Å²) in [6.07, 6.45) is 3.58. The number of carbonyl (C=O) groups is 1. The lowest BCUT2D eigenvalue weighted by Gasteiger charge is -2.28. The van der Waals surface area contributed by atoms with E-state index < -0.39 is 0 Å². The monoisotopic (exact) mass is 364 g/mol. The SMILES string of the molecule is Cc1ccc(C(=O)c2cc(-c3ccncc3)c(N3CCOCC3)s2)cc1. The number of aryl methyl sites for hydroxylation is 1. The fourth-order valence-electron chi connectivity index (χ4n) is 3.08. The lowest BCUT2D eigenvalue weighted by atomic mass is 10.1. The molecule has 1 aromatic carbocycles. The molecule has 132 valence electrons. The maximum absolute atomic E-state index is 13.0. The molecular formula is C21H20N2O2S. The summed E-state index contributed by atoms with van der Waals surface area (Å²) in [6.45, 7) is 5.15. The van der Waals surface area contributed by atoms with E-state index in [1.165, 1.54) is 0 Å². The molecule has 1 saturated heterocycles. The molecule has 0 unspecified atom stereocenters. The van der Waals surface area contributed by atoms with E-state index in [-0.39, 0.29) is 5.78 Å². The highest BCUT2D eigenvalue weighted by Crippen LogP contribution is 2.40. The Kier molecular flexibility index (Phi) is 4.82. The fourth-order valence-corrected chi connectivity index (χ4v) is 4.27. The summed E-state index contributed by atoms with van der Waals surface area (Å²) < 4.78 is 5.49. The van der Waals surface area contributed by atoms with Crippen molar-refractivity contribution in [2.45, 2.75) is 6.92 Å². The predicted octanol–water partition coefficient (Wildman–Crippen LogP) is 4.19. The molecule has 0 atom stereocenters. The minimum atomic E-state index is 0.0739. The van der Waals surface area contributed by atoms with Gasteiger partial charge in [0, 0.05) is 36.6 Å². The van der Waals surface area contributed by atoms with Gasteiger partial charge in [-0.15, -0.1) is 11.3 Å². The number of carbonyl (C=O) groups excluding carboxylic acids is 1. The van der Waals surface area contributed by atoms with Crippen LogP contribution in [0.3, 0.4) is 0 Å². The molecule has 4 rings (SSSR count).